The Morgan fingerprint density at radius 2 is 1.50 bits per heavy atom. The van der Waals surface area contributed by atoms with Crippen LogP contribution in [0.5, 0.6) is 0 Å². The van der Waals surface area contributed by atoms with Gasteiger partial charge in [-0.2, -0.15) is 0 Å². The molecule has 0 heterocycles. The molecule has 0 spiro atoms. The molecular weight excluding hydrogens is 446 g/mol. The molecule has 0 unspecified atom stereocenters. The van der Waals surface area contributed by atoms with Gasteiger partial charge in [0.25, 0.3) is 0 Å². The highest BCUT2D eigenvalue weighted by atomic mass is 16.6. The molecule has 11 nitrogen and oxygen atoms in total. The van der Waals surface area contributed by atoms with Gasteiger partial charge in [-0.15, -0.1) is 0 Å². The first-order valence-corrected chi connectivity index (χ1v) is 11.0. The van der Waals surface area contributed by atoms with Crippen LogP contribution in [0.2, 0.25) is 0 Å². The van der Waals surface area contributed by atoms with Crippen molar-refractivity contribution in [1.29, 1.82) is 0 Å². The second-order valence-electron chi connectivity index (χ2n) is 7.68. The highest BCUT2D eigenvalue weighted by molar-refractivity contribution is 5.94. The maximum atomic E-state index is 12.9. The van der Waals surface area contributed by atoms with Crippen LogP contribution < -0.4 is 16.4 Å². The molecule has 0 saturated carbocycles. The van der Waals surface area contributed by atoms with Crippen LogP contribution in [0.15, 0.2) is 30.3 Å². The first-order valence-electron chi connectivity index (χ1n) is 11.0. The molecule has 0 aromatic heterocycles. The summed E-state index contributed by atoms with van der Waals surface area (Å²) >= 11 is 0. The Labute approximate surface area is 198 Å². The molecule has 0 saturated heterocycles. The molecule has 0 fully saturated rings. The van der Waals surface area contributed by atoms with Crippen LogP contribution in [0.3, 0.4) is 0 Å². The number of nitrogens with two attached hydrogens (primary N) is 1. The van der Waals surface area contributed by atoms with Crippen molar-refractivity contribution in [3.8, 4) is 0 Å². The van der Waals surface area contributed by atoms with E-state index < -0.39 is 60.2 Å². The molecule has 0 radical (unpaired) electrons. The second kappa shape index (κ2) is 14.5. The summed E-state index contributed by atoms with van der Waals surface area (Å²) < 4.78 is 15.0. The molecule has 1 aromatic rings. The normalized spacial score (nSPS) is 13.2. The van der Waals surface area contributed by atoms with Gasteiger partial charge in [0.1, 0.15) is 18.7 Å². The number of esters is 2. The fourth-order valence-corrected chi connectivity index (χ4v) is 3.03. The number of primary amides is 1. The summed E-state index contributed by atoms with van der Waals surface area (Å²) in [4.78, 5) is 61.8. The van der Waals surface area contributed by atoms with Crippen molar-refractivity contribution in [2.24, 2.45) is 17.6 Å². The molecule has 1 rings (SSSR count). The molecule has 4 N–H and O–H groups in total. The number of ether oxygens (including phenoxy) is 3. The first-order chi connectivity index (χ1) is 16.1. The van der Waals surface area contributed by atoms with E-state index in [1.807, 2.05) is 6.07 Å². The monoisotopic (exact) mass is 479 g/mol. The third-order valence-corrected chi connectivity index (χ3v) is 4.72. The molecule has 34 heavy (non-hydrogen) atoms. The van der Waals surface area contributed by atoms with E-state index >= 15 is 0 Å². The highest BCUT2D eigenvalue weighted by Gasteiger charge is 2.39. The minimum absolute atomic E-state index is 0.00646. The lowest BCUT2D eigenvalue weighted by Crippen LogP contribution is -2.58. The van der Waals surface area contributed by atoms with Gasteiger partial charge < -0.3 is 30.6 Å². The van der Waals surface area contributed by atoms with E-state index in [4.69, 9.17) is 19.9 Å². The van der Waals surface area contributed by atoms with Crippen LogP contribution in [-0.4, -0.2) is 55.1 Å². The van der Waals surface area contributed by atoms with Crippen molar-refractivity contribution in [1.82, 2.24) is 10.6 Å². The lowest BCUT2D eigenvalue weighted by atomic mass is 9.94. The molecule has 3 atom stereocenters. The van der Waals surface area contributed by atoms with E-state index in [1.54, 1.807) is 52.0 Å². The Hall–Kier alpha value is -3.63. The fourth-order valence-electron chi connectivity index (χ4n) is 3.03. The number of alkyl carbamates (subject to hydrolysis) is 1. The number of hydrogen-bond donors (Lipinski definition) is 3. The number of carbonyl (C=O) groups is 5. The number of benzene rings is 1. The van der Waals surface area contributed by atoms with Crippen molar-refractivity contribution in [3.63, 3.8) is 0 Å². The standard InChI is InChI=1S/C23H33N3O8/c1-5-32-17(27)12-16(22(30)33-6-2)19(20(24)28)25-21(29)18(14(3)4)26-23(31)34-13-15-10-8-7-9-11-15/h7-11,14,16,18-19H,5-6,12-13H2,1-4H3,(H2,24,28)(H,25,29)(H,26,31)/t16-,18-,19-/m0/s1. The van der Waals surface area contributed by atoms with Gasteiger partial charge in [0.15, 0.2) is 0 Å². The van der Waals surface area contributed by atoms with Gasteiger partial charge >= 0.3 is 18.0 Å². The zero-order valence-electron chi connectivity index (χ0n) is 19.9. The quantitative estimate of drug-likeness (QED) is 0.279. The largest absolute Gasteiger partial charge is 0.466 e. The van der Waals surface area contributed by atoms with Crippen molar-refractivity contribution < 1.29 is 38.2 Å². The Balaban J connectivity index is 2.95. The summed E-state index contributed by atoms with van der Waals surface area (Å²) in [6.45, 7) is 6.52. The van der Waals surface area contributed by atoms with E-state index in [9.17, 15) is 24.0 Å². The number of hydrogen-bond acceptors (Lipinski definition) is 8. The molecule has 11 heteroatoms. The zero-order valence-corrected chi connectivity index (χ0v) is 19.9. The Morgan fingerprint density at radius 1 is 0.882 bits per heavy atom. The van der Waals surface area contributed by atoms with Crippen LogP contribution in [-0.2, 0) is 40.0 Å². The Morgan fingerprint density at radius 3 is 2.03 bits per heavy atom. The molecule has 0 bridgehead atoms. The first kappa shape index (κ1) is 28.4. The Kier molecular flexibility index (Phi) is 12.1. The fraction of sp³-hybridized carbons (Fsp3) is 0.522. The van der Waals surface area contributed by atoms with Gasteiger partial charge in [-0.05, 0) is 25.3 Å². The maximum Gasteiger partial charge on any atom is 0.408 e. The third kappa shape index (κ3) is 9.47. The number of nitrogens with one attached hydrogen (secondary N) is 2. The summed E-state index contributed by atoms with van der Waals surface area (Å²) in [5, 5.41) is 4.82. The van der Waals surface area contributed by atoms with E-state index in [0.717, 1.165) is 5.56 Å². The summed E-state index contributed by atoms with van der Waals surface area (Å²) in [6.07, 6.45) is -1.37. The van der Waals surface area contributed by atoms with Crippen molar-refractivity contribution in [2.75, 3.05) is 13.2 Å². The molecular formula is C23H33N3O8. The van der Waals surface area contributed by atoms with Crippen LogP contribution in [0.4, 0.5) is 4.79 Å². The molecule has 0 aliphatic heterocycles. The molecule has 0 aliphatic carbocycles. The van der Waals surface area contributed by atoms with Crippen LogP contribution in [0.1, 0.15) is 39.7 Å². The van der Waals surface area contributed by atoms with Crippen molar-refractivity contribution in [2.45, 2.75) is 52.8 Å². The van der Waals surface area contributed by atoms with Gasteiger partial charge in [-0.1, -0.05) is 44.2 Å². The predicted molar refractivity (Wildman–Crippen MR) is 121 cm³/mol. The molecule has 0 aliphatic rings. The third-order valence-electron chi connectivity index (χ3n) is 4.72. The minimum atomic E-state index is -1.57. The maximum absolute atomic E-state index is 12.9. The van der Waals surface area contributed by atoms with Gasteiger partial charge in [0.2, 0.25) is 11.8 Å². The van der Waals surface area contributed by atoms with Gasteiger partial charge in [-0.3, -0.25) is 19.2 Å². The van der Waals surface area contributed by atoms with Crippen LogP contribution in [0.25, 0.3) is 0 Å². The number of rotatable bonds is 13. The van der Waals surface area contributed by atoms with Crippen molar-refractivity contribution in [3.05, 3.63) is 35.9 Å². The topological polar surface area (TPSA) is 163 Å². The average Bonchev–Trinajstić information content (AvgIpc) is 2.78. The lowest BCUT2D eigenvalue weighted by molar-refractivity contribution is -0.157. The average molecular weight is 480 g/mol. The zero-order chi connectivity index (χ0) is 25.7. The van der Waals surface area contributed by atoms with Gasteiger partial charge in [-0.25, -0.2) is 4.79 Å². The smallest absolute Gasteiger partial charge is 0.408 e. The lowest BCUT2D eigenvalue weighted by Gasteiger charge is -2.27. The second-order valence-corrected chi connectivity index (χ2v) is 7.68. The summed E-state index contributed by atoms with van der Waals surface area (Å²) in [5.74, 6) is -5.30. The summed E-state index contributed by atoms with van der Waals surface area (Å²) in [7, 11) is 0. The SMILES string of the molecule is CCOC(=O)C[C@H](C(=O)OCC)[C@H](NC(=O)[C@@H](NC(=O)OCc1ccccc1)C(C)C)C(N)=O. The summed E-state index contributed by atoms with van der Waals surface area (Å²) in [5.41, 5.74) is 6.19. The van der Waals surface area contributed by atoms with Gasteiger partial charge in [0, 0.05) is 0 Å². The number of amides is 3. The predicted octanol–water partition coefficient (Wildman–Crippen LogP) is 1.04. The van der Waals surface area contributed by atoms with E-state index in [0.29, 0.717) is 0 Å². The van der Waals surface area contributed by atoms with E-state index in [-0.39, 0.29) is 19.8 Å². The van der Waals surface area contributed by atoms with Crippen molar-refractivity contribution >= 4 is 29.8 Å². The van der Waals surface area contributed by atoms with E-state index in [2.05, 4.69) is 10.6 Å². The van der Waals surface area contributed by atoms with Crippen LogP contribution in [0, 0.1) is 11.8 Å². The molecule has 188 valence electrons. The Bertz CT molecular complexity index is 844. The highest BCUT2D eigenvalue weighted by Crippen LogP contribution is 2.15. The van der Waals surface area contributed by atoms with E-state index in [1.165, 1.54) is 0 Å². The molecule has 1 aromatic carbocycles. The summed E-state index contributed by atoms with van der Waals surface area (Å²) in [6, 6.07) is 6.27. The number of carbonyl (C=O) groups excluding carboxylic acids is 5. The van der Waals surface area contributed by atoms with Crippen LogP contribution >= 0.6 is 0 Å². The van der Waals surface area contributed by atoms with Gasteiger partial charge in [0.05, 0.1) is 25.6 Å². The minimum Gasteiger partial charge on any atom is -0.466 e. The molecule has 3 amide bonds.